The van der Waals surface area contributed by atoms with Crippen LogP contribution in [0.15, 0.2) is 61.2 Å². The largest absolute Gasteiger partial charge is 0.289 e. The van der Waals surface area contributed by atoms with Crippen LogP contribution in [0.2, 0.25) is 0 Å². The molecule has 0 radical (unpaired) electrons. The molecule has 0 unspecified atom stereocenters. The highest BCUT2D eigenvalue weighted by molar-refractivity contribution is 6.13. The Kier molecular flexibility index (Phi) is 6.71. The summed E-state index contributed by atoms with van der Waals surface area (Å²) in [6.07, 6.45) is 6.62. The van der Waals surface area contributed by atoms with E-state index >= 15 is 0 Å². The Labute approximate surface area is 127 Å². The van der Waals surface area contributed by atoms with Gasteiger partial charge in [0, 0.05) is 24.3 Å². The van der Waals surface area contributed by atoms with Crippen molar-refractivity contribution in [3.8, 4) is 0 Å². The number of imide groups is 2. The molecule has 22 heavy (non-hydrogen) atoms. The maximum absolute atomic E-state index is 10.0. The van der Waals surface area contributed by atoms with Gasteiger partial charge in [-0.3, -0.25) is 29.8 Å². The quantitative estimate of drug-likeness (QED) is 0.747. The SMILES string of the molecule is C=Cc1ccccc1.O=C1C=CC(=O)N1.O=C1C=CC(=O)N1. The van der Waals surface area contributed by atoms with E-state index in [2.05, 4.69) is 6.58 Å². The molecular formula is C16H14N2O4. The van der Waals surface area contributed by atoms with Gasteiger partial charge < -0.3 is 0 Å². The molecule has 1 aromatic carbocycles. The molecule has 3 rings (SSSR count). The van der Waals surface area contributed by atoms with Gasteiger partial charge in [-0.1, -0.05) is 43.0 Å². The van der Waals surface area contributed by atoms with Crippen molar-refractivity contribution in [3.05, 3.63) is 66.8 Å². The van der Waals surface area contributed by atoms with Gasteiger partial charge in [-0.05, 0) is 5.56 Å². The number of benzene rings is 1. The van der Waals surface area contributed by atoms with Crippen molar-refractivity contribution < 1.29 is 19.2 Å². The third kappa shape index (κ3) is 6.76. The molecule has 0 fully saturated rings. The van der Waals surface area contributed by atoms with Crippen LogP contribution in [0.3, 0.4) is 0 Å². The Hall–Kier alpha value is -3.28. The lowest BCUT2D eigenvalue weighted by molar-refractivity contribution is -0.125. The monoisotopic (exact) mass is 298 g/mol. The van der Waals surface area contributed by atoms with E-state index in [4.69, 9.17) is 0 Å². The summed E-state index contributed by atoms with van der Waals surface area (Å²) >= 11 is 0. The first-order valence-corrected chi connectivity index (χ1v) is 6.25. The van der Waals surface area contributed by atoms with Crippen LogP contribution in [0.25, 0.3) is 6.08 Å². The van der Waals surface area contributed by atoms with Crippen molar-refractivity contribution in [3.63, 3.8) is 0 Å². The van der Waals surface area contributed by atoms with E-state index in [0.29, 0.717) is 0 Å². The number of hydrogen-bond acceptors (Lipinski definition) is 4. The maximum atomic E-state index is 10.0. The van der Waals surface area contributed by atoms with Gasteiger partial charge in [0.15, 0.2) is 0 Å². The molecular weight excluding hydrogens is 284 g/mol. The molecule has 6 heteroatoms. The van der Waals surface area contributed by atoms with Crippen LogP contribution in [0.1, 0.15) is 5.56 Å². The fourth-order valence-electron chi connectivity index (χ4n) is 1.30. The highest BCUT2D eigenvalue weighted by Gasteiger charge is 2.07. The summed E-state index contributed by atoms with van der Waals surface area (Å²) in [7, 11) is 0. The van der Waals surface area contributed by atoms with Crippen LogP contribution in [-0.2, 0) is 19.2 Å². The Morgan fingerprint density at radius 3 is 1.23 bits per heavy atom. The number of hydrogen-bond donors (Lipinski definition) is 2. The van der Waals surface area contributed by atoms with Crippen molar-refractivity contribution >= 4 is 29.7 Å². The fourth-order valence-corrected chi connectivity index (χ4v) is 1.30. The maximum Gasteiger partial charge on any atom is 0.250 e. The van der Waals surface area contributed by atoms with Crippen molar-refractivity contribution in [2.45, 2.75) is 0 Å². The van der Waals surface area contributed by atoms with Gasteiger partial charge in [0.25, 0.3) is 23.6 Å². The highest BCUT2D eigenvalue weighted by Crippen LogP contribution is 1.97. The van der Waals surface area contributed by atoms with Gasteiger partial charge in [-0.2, -0.15) is 0 Å². The standard InChI is InChI=1S/C8H8.2C4H3NO2/c1-2-8-6-4-3-5-7-8;2*6-3-1-2-4(7)5-3/h2-7H,1H2;2*1-2H,(H,5,6,7). The lowest BCUT2D eigenvalue weighted by Gasteiger charge is -1.85. The first kappa shape index (κ1) is 16.8. The van der Waals surface area contributed by atoms with Crippen LogP contribution in [0.4, 0.5) is 0 Å². The molecule has 0 aromatic heterocycles. The van der Waals surface area contributed by atoms with Crippen LogP contribution < -0.4 is 10.6 Å². The van der Waals surface area contributed by atoms with Gasteiger partial charge in [0.1, 0.15) is 0 Å². The molecule has 2 heterocycles. The van der Waals surface area contributed by atoms with Crippen molar-refractivity contribution in [2.75, 3.05) is 0 Å². The molecule has 2 aliphatic rings. The summed E-state index contributed by atoms with van der Waals surface area (Å²) in [6.45, 7) is 3.63. The topological polar surface area (TPSA) is 92.3 Å². The van der Waals surface area contributed by atoms with Gasteiger partial charge in [0.2, 0.25) is 0 Å². The Morgan fingerprint density at radius 1 is 0.682 bits per heavy atom. The molecule has 2 aliphatic heterocycles. The predicted octanol–water partition coefficient (Wildman–Crippen LogP) is 0.728. The smallest absolute Gasteiger partial charge is 0.250 e. The summed E-state index contributed by atoms with van der Waals surface area (Å²) in [6, 6.07) is 10.0. The Balaban J connectivity index is 0.000000166. The number of rotatable bonds is 1. The lowest BCUT2D eigenvalue weighted by atomic mass is 10.2. The summed E-state index contributed by atoms with van der Waals surface area (Å²) in [5.41, 5.74) is 1.17. The van der Waals surface area contributed by atoms with Crippen LogP contribution in [-0.4, -0.2) is 23.6 Å². The van der Waals surface area contributed by atoms with E-state index in [1.165, 1.54) is 29.9 Å². The number of amides is 4. The third-order valence-electron chi connectivity index (χ3n) is 2.30. The summed E-state index contributed by atoms with van der Waals surface area (Å²) in [5.74, 6) is -1.31. The molecule has 6 nitrogen and oxygen atoms in total. The van der Waals surface area contributed by atoms with Crippen molar-refractivity contribution in [1.29, 1.82) is 0 Å². The molecule has 112 valence electrons. The van der Waals surface area contributed by atoms with Gasteiger partial charge in [-0.15, -0.1) is 0 Å². The third-order valence-corrected chi connectivity index (χ3v) is 2.30. The van der Waals surface area contributed by atoms with E-state index in [-0.39, 0.29) is 23.6 Å². The molecule has 0 saturated carbocycles. The van der Waals surface area contributed by atoms with Gasteiger partial charge >= 0.3 is 0 Å². The second-order valence-corrected chi connectivity index (χ2v) is 3.99. The fraction of sp³-hybridized carbons (Fsp3) is 0. The summed E-state index contributed by atoms with van der Waals surface area (Å²) < 4.78 is 0. The van der Waals surface area contributed by atoms with Crippen LogP contribution in [0, 0.1) is 0 Å². The molecule has 1 aromatic rings. The van der Waals surface area contributed by atoms with E-state index in [1.807, 2.05) is 47.0 Å². The Bertz CT molecular complexity index is 577. The Morgan fingerprint density at radius 2 is 1.05 bits per heavy atom. The lowest BCUT2D eigenvalue weighted by Crippen LogP contribution is -2.19. The van der Waals surface area contributed by atoms with E-state index in [1.54, 1.807) is 0 Å². The zero-order valence-electron chi connectivity index (χ0n) is 11.6. The summed E-state index contributed by atoms with van der Waals surface area (Å²) in [5, 5.41) is 4.06. The van der Waals surface area contributed by atoms with Crippen LogP contribution in [0.5, 0.6) is 0 Å². The minimum Gasteiger partial charge on any atom is -0.289 e. The predicted molar refractivity (Wildman–Crippen MR) is 81.1 cm³/mol. The van der Waals surface area contributed by atoms with E-state index in [0.717, 1.165) is 0 Å². The van der Waals surface area contributed by atoms with Gasteiger partial charge in [-0.25, -0.2) is 0 Å². The number of nitrogens with one attached hydrogen (secondary N) is 2. The molecule has 0 bridgehead atoms. The molecule has 2 N–H and O–H groups in total. The molecule has 0 spiro atoms. The number of carbonyl (C=O) groups is 4. The first-order chi connectivity index (χ1) is 10.5. The second kappa shape index (κ2) is 8.80. The minimum atomic E-state index is -0.329. The van der Waals surface area contributed by atoms with Crippen molar-refractivity contribution in [1.82, 2.24) is 10.6 Å². The average Bonchev–Trinajstić information content (AvgIpc) is 3.08. The zero-order valence-corrected chi connectivity index (χ0v) is 11.6. The molecule has 0 saturated heterocycles. The van der Waals surface area contributed by atoms with E-state index in [9.17, 15) is 19.2 Å². The van der Waals surface area contributed by atoms with Crippen molar-refractivity contribution in [2.24, 2.45) is 0 Å². The average molecular weight is 298 g/mol. The van der Waals surface area contributed by atoms with E-state index < -0.39 is 0 Å². The number of carbonyl (C=O) groups excluding carboxylic acids is 4. The minimum absolute atomic E-state index is 0.329. The van der Waals surface area contributed by atoms with Crippen LogP contribution >= 0.6 is 0 Å². The molecule has 0 atom stereocenters. The molecule has 4 amide bonds. The van der Waals surface area contributed by atoms with Gasteiger partial charge in [0.05, 0.1) is 0 Å². The second-order valence-electron chi connectivity index (χ2n) is 3.99. The normalized spacial score (nSPS) is 14.4. The first-order valence-electron chi connectivity index (χ1n) is 6.25. The zero-order chi connectivity index (χ0) is 16.4. The summed E-state index contributed by atoms with van der Waals surface area (Å²) in [4.78, 5) is 40.1. The highest BCUT2D eigenvalue weighted by atomic mass is 16.2. The molecule has 0 aliphatic carbocycles.